The number of carbonyl (C=O) groups excluding carboxylic acids is 3. The van der Waals surface area contributed by atoms with Crippen LogP contribution in [0.4, 0.5) is 0 Å². The second-order valence-corrected chi connectivity index (χ2v) is 18.5. The van der Waals surface area contributed by atoms with E-state index in [-0.39, 0.29) is 37.5 Å². The zero-order valence-electron chi connectivity index (χ0n) is 43.4. The summed E-state index contributed by atoms with van der Waals surface area (Å²) in [6.07, 6.45) is 69.0. The van der Waals surface area contributed by atoms with E-state index in [0.29, 0.717) is 19.3 Å². The average molecular weight is 921 g/mol. The van der Waals surface area contributed by atoms with Gasteiger partial charge in [-0.1, -0.05) is 267 Å². The largest absolute Gasteiger partial charge is 0.462 e. The van der Waals surface area contributed by atoms with Crippen LogP contribution in [-0.2, 0) is 28.6 Å². The summed E-state index contributed by atoms with van der Waals surface area (Å²) in [6.45, 7) is 6.48. The number of ether oxygens (including phenoxy) is 3. The van der Waals surface area contributed by atoms with E-state index in [1.807, 2.05) is 6.08 Å². The summed E-state index contributed by atoms with van der Waals surface area (Å²) < 4.78 is 16.8. The molecule has 1 atom stereocenters. The number of unbranched alkanes of at least 4 members (excludes halogenated alkanes) is 27. The van der Waals surface area contributed by atoms with Crippen LogP contribution in [0.25, 0.3) is 0 Å². The molecule has 380 valence electrons. The summed E-state index contributed by atoms with van der Waals surface area (Å²) >= 11 is 0. The second kappa shape index (κ2) is 54.5. The van der Waals surface area contributed by atoms with Crippen molar-refractivity contribution in [2.24, 2.45) is 0 Å². The SMILES string of the molecule is CC/C=C/C/C=C/C/C=C/C/C=C/C/C=C/C/C=C/CCC(=O)OC[C@@H](COC(=O)CCCCCCCCCCCCCCC)OC(=O)CCCCCCCCCCCCCCCCCC. The fraction of sp³-hybridized carbons (Fsp3) is 0.750. The molecule has 6 heteroatoms. The highest BCUT2D eigenvalue weighted by Gasteiger charge is 2.19. The molecule has 0 amide bonds. The first-order valence-electron chi connectivity index (χ1n) is 27.9. The van der Waals surface area contributed by atoms with Gasteiger partial charge in [0.05, 0.1) is 0 Å². The molecule has 0 aromatic carbocycles. The maximum Gasteiger partial charge on any atom is 0.306 e. The van der Waals surface area contributed by atoms with Crippen molar-refractivity contribution in [1.82, 2.24) is 0 Å². The van der Waals surface area contributed by atoms with E-state index in [9.17, 15) is 14.4 Å². The minimum Gasteiger partial charge on any atom is -0.462 e. The lowest BCUT2D eigenvalue weighted by Gasteiger charge is -2.18. The summed E-state index contributed by atoms with van der Waals surface area (Å²) in [5, 5.41) is 0. The molecule has 0 bridgehead atoms. The van der Waals surface area contributed by atoms with E-state index in [1.165, 1.54) is 148 Å². The molecule has 0 aliphatic rings. The molecule has 0 fully saturated rings. The van der Waals surface area contributed by atoms with Gasteiger partial charge in [-0.05, 0) is 57.8 Å². The fourth-order valence-electron chi connectivity index (χ4n) is 7.82. The van der Waals surface area contributed by atoms with Gasteiger partial charge in [0.15, 0.2) is 6.10 Å². The molecule has 0 aromatic heterocycles. The summed E-state index contributed by atoms with van der Waals surface area (Å²) in [5.74, 6) is -0.973. The Labute approximate surface area is 408 Å². The van der Waals surface area contributed by atoms with Crippen LogP contribution in [0, 0.1) is 0 Å². The average Bonchev–Trinajstić information content (AvgIpc) is 3.31. The first-order valence-corrected chi connectivity index (χ1v) is 27.9. The highest BCUT2D eigenvalue weighted by molar-refractivity contribution is 5.71. The Morgan fingerprint density at radius 2 is 0.591 bits per heavy atom. The number of rotatable bonds is 50. The molecule has 0 saturated heterocycles. The molecule has 66 heavy (non-hydrogen) atoms. The highest BCUT2D eigenvalue weighted by Crippen LogP contribution is 2.16. The third-order valence-corrected chi connectivity index (χ3v) is 12.0. The number of allylic oxidation sites excluding steroid dienone is 12. The molecule has 0 spiro atoms. The van der Waals surface area contributed by atoms with Crippen molar-refractivity contribution < 1.29 is 28.6 Å². The van der Waals surface area contributed by atoms with Crippen LogP contribution in [0.2, 0.25) is 0 Å². The van der Waals surface area contributed by atoms with Crippen molar-refractivity contribution in [3.63, 3.8) is 0 Å². The molecule has 0 aromatic rings. The van der Waals surface area contributed by atoms with Gasteiger partial charge in [-0.25, -0.2) is 0 Å². The van der Waals surface area contributed by atoms with Gasteiger partial charge in [-0.3, -0.25) is 14.4 Å². The Morgan fingerprint density at radius 3 is 0.924 bits per heavy atom. The van der Waals surface area contributed by atoms with Crippen molar-refractivity contribution in [1.29, 1.82) is 0 Å². The lowest BCUT2D eigenvalue weighted by molar-refractivity contribution is -0.166. The molecule has 0 rings (SSSR count). The first-order chi connectivity index (χ1) is 32.5. The standard InChI is InChI=1S/C60H104O6/c1-4-7-10-13-16-19-22-25-27-29-30-31-33-35-38-41-44-47-50-53-59(62)65-56-57(55-64-58(61)52-49-46-43-40-37-34-24-21-18-15-12-9-6-3)66-60(63)54-51-48-45-42-39-36-32-28-26-23-20-17-14-11-8-5-2/h7,10,16,19,25,27,30-31,35,38,44,47,57H,4-6,8-9,11-15,17-18,20-24,26,28-29,32-34,36-37,39-43,45-46,48-56H2,1-3H3/b10-7+,19-16+,27-25+,31-30+,38-35+,47-44+/t57-/m1/s1. The molecule has 0 aliphatic carbocycles. The van der Waals surface area contributed by atoms with E-state index in [2.05, 4.69) is 87.6 Å². The number of esters is 3. The van der Waals surface area contributed by atoms with Crippen LogP contribution in [0.3, 0.4) is 0 Å². The van der Waals surface area contributed by atoms with Gasteiger partial charge in [0.2, 0.25) is 0 Å². The monoisotopic (exact) mass is 921 g/mol. The molecule has 0 radical (unpaired) electrons. The van der Waals surface area contributed by atoms with Crippen molar-refractivity contribution >= 4 is 17.9 Å². The molecule has 0 unspecified atom stereocenters. The molecular weight excluding hydrogens is 817 g/mol. The topological polar surface area (TPSA) is 78.9 Å². The summed E-state index contributed by atoms with van der Waals surface area (Å²) in [6, 6.07) is 0. The highest BCUT2D eigenvalue weighted by atomic mass is 16.6. The summed E-state index contributed by atoms with van der Waals surface area (Å²) in [7, 11) is 0. The van der Waals surface area contributed by atoms with E-state index in [1.54, 1.807) is 0 Å². The minimum atomic E-state index is -0.802. The lowest BCUT2D eigenvalue weighted by Crippen LogP contribution is -2.30. The predicted molar refractivity (Wildman–Crippen MR) is 284 cm³/mol. The van der Waals surface area contributed by atoms with Gasteiger partial charge in [-0.15, -0.1) is 0 Å². The molecule has 0 heterocycles. The van der Waals surface area contributed by atoms with Crippen LogP contribution in [-0.4, -0.2) is 37.2 Å². The second-order valence-electron chi connectivity index (χ2n) is 18.5. The number of hydrogen-bond acceptors (Lipinski definition) is 6. The number of carbonyl (C=O) groups is 3. The van der Waals surface area contributed by atoms with Gasteiger partial charge in [0.25, 0.3) is 0 Å². The van der Waals surface area contributed by atoms with Crippen molar-refractivity contribution in [3.8, 4) is 0 Å². The smallest absolute Gasteiger partial charge is 0.306 e. The third-order valence-electron chi connectivity index (χ3n) is 12.0. The Bertz CT molecular complexity index is 1240. The van der Waals surface area contributed by atoms with Gasteiger partial charge >= 0.3 is 17.9 Å². The van der Waals surface area contributed by atoms with Gasteiger partial charge < -0.3 is 14.2 Å². The van der Waals surface area contributed by atoms with Crippen LogP contribution < -0.4 is 0 Å². The maximum absolute atomic E-state index is 12.8. The Morgan fingerprint density at radius 1 is 0.318 bits per heavy atom. The van der Waals surface area contributed by atoms with Crippen LogP contribution in [0.1, 0.15) is 271 Å². The summed E-state index contributed by atoms with van der Waals surface area (Å²) in [4.78, 5) is 38.1. The molecule has 0 saturated carbocycles. The van der Waals surface area contributed by atoms with E-state index >= 15 is 0 Å². The Hall–Kier alpha value is -3.15. The zero-order chi connectivity index (χ0) is 47.9. The predicted octanol–water partition coefficient (Wildman–Crippen LogP) is 18.6. The fourth-order valence-corrected chi connectivity index (χ4v) is 7.82. The van der Waals surface area contributed by atoms with Crippen LogP contribution in [0.15, 0.2) is 72.9 Å². The van der Waals surface area contributed by atoms with Crippen molar-refractivity contribution in [3.05, 3.63) is 72.9 Å². The third kappa shape index (κ3) is 51.8. The van der Waals surface area contributed by atoms with Crippen molar-refractivity contribution in [2.75, 3.05) is 13.2 Å². The number of hydrogen-bond donors (Lipinski definition) is 0. The zero-order valence-corrected chi connectivity index (χ0v) is 43.4. The summed E-state index contributed by atoms with van der Waals surface area (Å²) in [5.41, 5.74) is 0. The Kier molecular flexibility index (Phi) is 51.9. The quantitative estimate of drug-likeness (QED) is 0.0262. The van der Waals surface area contributed by atoms with Crippen LogP contribution in [0.5, 0.6) is 0 Å². The maximum atomic E-state index is 12.8. The van der Waals surface area contributed by atoms with Gasteiger partial charge in [-0.2, -0.15) is 0 Å². The minimum absolute atomic E-state index is 0.0948. The molecule has 0 aliphatic heterocycles. The van der Waals surface area contributed by atoms with Crippen molar-refractivity contribution in [2.45, 2.75) is 277 Å². The molecule has 6 nitrogen and oxygen atoms in total. The van der Waals surface area contributed by atoms with E-state index < -0.39 is 6.10 Å². The van der Waals surface area contributed by atoms with E-state index in [4.69, 9.17) is 14.2 Å². The molecular formula is C60H104O6. The van der Waals surface area contributed by atoms with E-state index in [0.717, 1.165) is 77.0 Å². The normalized spacial score (nSPS) is 12.6. The van der Waals surface area contributed by atoms with Gasteiger partial charge in [0, 0.05) is 19.3 Å². The van der Waals surface area contributed by atoms with Crippen LogP contribution >= 0.6 is 0 Å². The lowest BCUT2D eigenvalue weighted by atomic mass is 10.0. The molecule has 0 N–H and O–H groups in total. The first kappa shape index (κ1) is 62.8. The van der Waals surface area contributed by atoms with Gasteiger partial charge in [0.1, 0.15) is 13.2 Å². The Balaban J connectivity index is 4.46.